The van der Waals surface area contributed by atoms with Gasteiger partial charge in [0, 0.05) is 5.56 Å². The molecule has 136 valence electrons. The highest BCUT2D eigenvalue weighted by atomic mass is 16.5. The number of azo groups is 1. The van der Waals surface area contributed by atoms with Gasteiger partial charge >= 0.3 is 0 Å². The van der Waals surface area contributed by atoms with Crippen LogP contribution in [0.5, 0.6) is 5.75 Å². The van der Waals surface area contributed by atoms with Crippen LogP contribution in [-0.4, -0.2) is 12.7 Å². The van der Waals surface area contributed by atoms with Crippen molar-refractivity contribution in [3.63, 3.8) is 0 Å². The Hall–Kier alpha value is -2.78. The van der Waals surface area contributed by atoms with E-state index < -0.39 is 5.66 Å². The number of nitrogens with zero attached hydrogens (tertiary/aromatic N) is 3. The molecule has 0 N–H and O–H groups in total. The molecule has 0 amide bonds. The third-order valence-corrected chi connectivity index (χ3v) is 4.05. The molecule has 26 heavy (non-hydrogen) atoms. The molecule has 0 radical (unpaired) electrons. The number of isocyanates is 1. The fourth-order valence-electron chi connectivity index (χ4n) is 2.47. The molecule has 0 heterocycles. The topological polar surface area (TPSA) is 63.4 Å². The van der Waals surface area contributed by atoms with Crippen LogP contribution in [0, 0.1) is 0 Å². The largest absolute Gasteiger partial charge is 0.494 e. The number of rotatable bonds is 10. The summed E-state index contributed by atoms with van der Waals surface area (Å²) in [5.74, 6) is 0.817. The predicted molar refractivity (Wildman–Crippen MR) is 103 cm³/mol. The molecule has 2 aromatic carbocycles. The first-order valence-corrected chi connectivity index (χ1v) is 8.98. The second-order valence-corrected chi connectivity index (χ2v) is 6.19. The lowest BCUT2D eigenvalue weighted by Crippen LogP contribution is -2.14. The maximum atomic E-state index is 10.8. The van der Waals surface area contributed by atoms with Gasteiger partial charge in [0.05, 0.1) is 12.3 Å². The minimum absolute atomic E-state index is 0.673. The van der Waals surface area contributed by atoms with Crippen molar-refractivity contribution in [2.24, 2.45) is 15.2 Å². The Morgan fingerprint density at radius 3 is 2.38 bits per heavy atom. The number of ether oxygens (including phenoxy) is 1. The van der Waals surface area contributed by atoms with Crippen molar-refractivity contribution in [3.05, 3.63) is 60.2 Å². The molecular weight excluding hydrogens is 326 g/mol. The van der Waals surface area contributed by atoms with Gasteiger partial charge in [0.25, 0.3) is 0 Å². The molecule has 0 aliphatic heterocycles. The SMILES string of the molecule is CCCCCCOc1ccc(N=NC(C)(N=C=O)c2ccccc2)cc1. The maximum absolute atomic E-state index is 10.8. The third kappa shape index (κ3) is 5.94. The average molecular weight is 351 g/mol. The van der Waals surface area contributed by atoms with E-state index in [-0.39, 0.29) is 0 Å². The van der Waals surface area contributed by atoms with Gasteiger partial charge in [-0.1, -0.05) is 56.5 Å². The Morgan fingerprint density at radius 2 is 1.73 bits per heavy atom. The number of aliphatic imine (C=N–C) groups is 1. The van der Waals surface area contributed by atoms with Gasteiger partial charge in [0.2, 0.25) is 11.7 Å². The van der Waals surface area contributed by atoms with E-state index in [1.165, 1.54) is 19.3 Å². The Morgan fingerprint density at radius 1 is 1.00 bits per heavy atom. The monoisotopic (exact) mass is 351 g/mol. The van der Waals surface area contributed by atoms with Crippen molar-refractivity contribution >= 4 is 11.8 Å². The van der Waals surface area contributed by atoms with Crippen molar-refractivity contribution in [3.8, 4) is 5.75 Å². The normalized spacial score (nSPS) is 13.2. The number of hydrogen-bond donors (Lipinski definition) is 0. The number of unbranched alkanes of at least 4 members (excludes halogenated alkanes) is 3. The zero-order valence-electron chi connectivity index (χ0n) is 15.4. The first kappa shape index (κ1) is 19.5. The molecule has 0 fully saturated rings. The van der Waals surface area contributed by atoms with Gasteiger partial charge in [-0.05, 0) is 37.6 Å². The second kappa shape index (κ2) is 10.3. The summed E-state index contributed by atoms with van der Waals surface area (Å²) in [5, 5.41) is 8.50. The molecule has 0 aromatic heterocycles. The van der Waals surface area contributed by atoms with Crippen LogP contribution >= 0.6 is 0 Å². The quantitative estimate of drug-likeness (QED) is 0.230. The van der Waals surface area contributed by atoms with E-state index in [0.29, 0.717) is 5.69 Å². The van der Waals surface area contributed by atoms with Crippen LogP contribution in [0.15, 0.2) is 69.8 Å². The van der Waals surface area contributed by atoms with Crippen LogP contribution in [0.4, 0.5) is 5.69 Å². The Bertz CT molecular complexity index is 738. The summed E-state index contributed by atoms with van der Waals surface area (Å²) in [5.41, 5.74) is 0.364. The fraction of sp³-hybridized carbons (Fsp3) is 0.381. The fourth-order valence-corrected chi connectivity index (χ4v) is 2.47. The molecule has 0 aliphatic carbocycles. The summed E-state index contributed by atoms with van der Waals surface area (Å²) < 4.78 is 5.72. The van der Waals surface area contributed by atoms with Gasteiger partial charge in [-0.3, -0.25) is 0 Å². The summed E-state index contributed by atoms with van der Waals surface area (Å²) >= 11 is 0. The minimum atomic E-state index is -1.09. The molecule has 2 aromatic rings. The molecule has 5 heteroatoms. The van der Waals surface area contributed by atoms with Crippen molar-refractivity contribution in [1.29, 1.82) is 0 Å². The highest BCUT2D eigenvalue weighted by molar-refractivity contribution is 5.41. The second-order valence-electron chi connectivity index (χ2n) is 6.19. The number of benzene rings is 2. The van der Waals surface area contributed by atoms with Crippen molar-refractivity contribution < 1.29 is 9.53 Å². The van der Waals surface area contributed by atoms with Gasteiger partial charge in [-0.25, -0.2) is 4.79 Å². The van der Waals surface area contributed by atoms with Crippen LogP contribution in [0.3, 0.4) is 0 Å². The summed E-state index contributed by atoms with van der Waals surface area (Å²) in [6, 6.07) is 16.8. The molecule has 5 nitrogen and oxygen atoms in total. The Labute approximate surface area is 154 Å². The molecule has 1 atom stereocenters. The van der Waals surface area contributed by atoms with E-state index in [1.54, 1.807) is 13.0 Å². The summed E-state index contributed by atoms with van der Waals surface area (Å²) in [7, 11) is 0. The van der Waals surface area contributed by atoms with Crippen molar-refractivity contribution in [2.45, 2.75) is 45.2 Å². The minimum Gasteiger partial charge on any atom is -0.494 e. The lowest BCUT2D eigenvalue weighted by molar-refractivity contribution is 0.305. The van der Waals surface area contributed by atoms with Crippen molar-refractivity contribution in [1.82, 2.24) is 0 Å². The lowest BCUT2D eigenvalue weighted by Gasteiger charge is -2.17. The van der Waals surface area contributed by atoms with Gasteiger partial charge in [0.15, 0.2) is 0 Å². The zero-order valence-corrected chi connectivity index (χ0v) is 15.4. The first-order valence-electron chi connectivity index (χ1n) is 8.98. The molecular formula is C21H25N3O2. The standard InChI is InChI=1S/C21H25N3O2/c1-3-4-5-9-16-26-20-14-12-19(13-15-20)23-24-21(2,22-17-25)18-10-7-6-8-11-18/h6-8,10-15H,3-5,9,16H2,1-2H3. The third-order valence-electron chi connectivity index (χ3n) is 4.05. The van der Waals surface area contributed by atoms with E-state index in [9.17, 15) is 4.79 Å². The number of carbonyl (C=O) groups excluding carboxylic acids is 1. The van der Waals surface area contributed by atoms with Crippen LogP contribution in [0.1, 0.15) is 45.1 Å². The smallest absolute Gasteiger partial charge is 0.237 e. The average Bonchev–Trinajstić information content (AvgIpc) is 2.68. The van der Waals surface area contributed by atoms with Gasteiger partial charge in [0.1, 0.15) is 5.75 Å². The van der Waals surface area contributed by atoms with Crippen LogP contribution in [0.25, 0.3) is 0 Å². The zero-order chi connectivity index (χ0) is 18.7. The first-order chi connectivity index (χ1) is 12.7. The van der Waals surface area contributed by atoms with Gasteiger partial charge in [-0.15, -0.1) is 0 Å². The summed E-state index contributed by atoms with van der Waals surface area (Å²) in [4.78, 5) is 14.6. The number of hydrogen-bond acceptors (Lipinski definition) is 5. The van der Waals surface area contributed by atoms with E-state index in [2.05, 4.69) is 22.1 Å². The van der Waals surface area contributed by atoms with Crippen LogP contribution in [0.2, 0.25) is 0 Å². The lowest BCUT2D eigenvalue weighted by atomic mass is 10.0. The molecule has 1 unspecified atom stereocenters. The predicted octanol–water partition coefficient (Wildman–Crippen LogP) is 5.94. The van der Waals surface area contributed by atoms with E-state index in [0.717, 1.165) is 24.3 Å². The Balaban J connectivity index is 2.01. The van der Waals surface area contributed by atoms with E-state index in [1.807, 2.05) is 54.6 Å². The van der Waals surface area contributed by atoms with Gasteiger partial charge in [-0.2, -0.15) is 15.2 Å². The van der Waals surface area contributed by atoms with Crippen LogP contribution in [-0.2, 0) is 10.5 Å². The van der Waals surface area contributed by atoms with E-state index in [4.69, 9.17) is 4.74 Å². The molecule has 0 bridgehead atoms. The van der Waals surface area contributed by atoms with Crippen molar-refractivity contribution in [2.75, 3.05) is 6.61 Å². The molecule has 2 rings (SSSR count). The Kier molecular flexibility index (Phi) is 7.72. The summed E-state index contributed by atoms with van der Waals surface area (Å²) in [6.45, 7) is 4.64. The molecule has 0 saturated carbocycles. The molecule has 0 spiro atoms. The van der Waals surface area contributed by atoms with E-state index >= 15 is 0 Å². The van der Waals surface area contributed by atoms with Gasteiger partial charge < -0.3 is 4.74 Å². The van der Waals surface area contributed by atoms with Crippen LogP contribution < -0.4 is 4.74 Å². The highest BCUT2D eigenvalue weighted by Crippen LogP contribution is 2.29. The summed E-state index contributed by atoms with van der Waals surface area (Å²) in [6.07, 6.45) is 6.31. The molecule has 0 saturated heterocycles. The molecule has 0 aliphatic rings. The maximum Gasteiger partial charge on any atom is 0.237 e. The highest BCUT2D eigenvalue weighted by Gasteiger charge is 2.25.